The summed E-state index contributed by atoms with van der Waals surface area (Å²) in [5.41, 5.74) is 0. The molecule has 0 aromatic heterocycles. The number of carbonyl (C=O) groups excluding carboxylic acids is 1. The lowest BCUT2D eigenvalue weighted by Gasteiger charge is -1.89. The van der Waals surface area contributed by atoms with E-state index in [1.165, 1.54) is 0 Å². The fraction of sp³-hybridized carbons (Fsp3) is 0.250. The van der Waals surface area contributed by atoms with E-state index < -0.39 is 17.3 Å². The molecule has 0 amide bonds. The van der Waals surface area contributed by atoms with Gasteiger partial charge in [-0.05, 0) is 0 Å². The summed E-state index contributed by atoms with van der Waals surface area (Å²) < 4.78 is 4.18. The lowest BCUT2D eigenvalue weighted by atomic mass is 10.4. The van der Waals surface area contributed by atoms with Crippen LogP contribution in [0.3, 0.4) is 0 Å². The van der Waals surface area contributed by atoms with Crippen molar-refractivity contribution in [3.63, 3.8) is 0 Å². The maximum atomic E-state index is 9.99. The van der Waals surface area contributed by atoms with Gasteiger partial charge in [0.2, 0.25) is 0 Å². The molecule has 1 atom stereocenters. The number of ether oxygens (including phenoxy) is 1. The first-order valence-electron chi connectivity index (χ1n) is 3.35. The summed E-state index contributed by atoms with van der Waals surface area (Å²) >= 11 is 10.1. The number of halogens is 2. The Balaban J connectivity index is 0. The minimum Gasteiger partial charge on any atom is -0.480 e. The first kappa shape index (κ1) is 15.5. The zero-order chi connectivity index (χ0) is 11.6. The summed E-state index contributed by atoms with van der Waals surface area (Å²) in [7, 11) is 0. The third-order valence-corrected chi connectivity index (χ3v) is 1.35. The minimum atomic E-state index is -1.06. The Labute approximate surface area is 91.8 Å². The van der Waals surface area contributed by atoms with Gasteiger partial charge in [0.15, 0.2) is 0 Å². The zero-order valence-corrected chi connectivity index (χ0v) is 8.79. The summed E-state index contributed by atoms with van der Waals surface area (Å²) in [6.45, 7) is 6.32. The average molecular weight is 241 g/mol. The predicted molar refractivity (Wildman–Crippen MR) is 54.5 cm³/mol. The van der Waals surface area contributed by atoms with Crippen LogP contribution in [0.25, 0.3) is 0 Å². The number of hydrogen-bond donors (Lipinski definition) is 1. The number of rotatable bonds is 4. The van der Waals surface area contributed by atoms with Crippen LogP contribution in [0.2, 0.25) is 0 Å². The van der Waals surface area contributed by atoms with Crippen molar-refractivity contribution in [3.05, 3.63) is 25.5 Å². The molecule has 0 aliphatic carbocycles. The first-order valence-corrected chi connectivity index (χ1v) is 4.32. The third kappa shape index (κ3) is 11.0. The van der Waals surface area contributed by atoms with Crippen molar-refractivity contribution in [1.29, 1.82) is 0 Å². The van der Waals surface area contributed by atoms with Crippen molar-refractivity contribution in [1.82, 2.24) is 0 Å². The molecule has 1 unspecified atom stereocenters. The van der Waals surface area contributed by atoms with Gasteiger partial charge in [-0.25, -0.2) is 0 Å². The quantitative estimate of drug-likeness (QED) is 0.352. The van der Waals surface area contributed by atoms with Crippen molar-refractivity contribution in [2.45, 2.75) is 5.38 Å². The SMILES string of the molecule is C=CC(Cl)C(=O)O.C=COC(=O)CCl. The summed E-state index contributed by atoms with van der Waals surface area (Å²) in [6, 6.07) is 0. The molecule has 4 nitrogen and oxygen atoms in total. The standard InChI is InChI=1S/2C4H5ClO2/c1-2-7-4(6)3-5;1-2-3(5)4(6)7/h2H,1,3H2;2-3H,1H2,(H,6,7). The monoisotopic (exact) mass is 240 g/mol. The lowest BCUT2D eigenvalue weighted by molar-refractivity contribution is -0.136. The molecule has 1 N–H and O–H groups in total. The fourth-order valence-corrected chi connectivity index (χ4v) is 0.288. The van der Waals surface area contributed by atoms with E-state index in [1.807, 2.05) is 0 Å². The van der Waals surface area contributed by atoms with Crippen molar-refractivity contribution < 1.29 is 19.4 Å². The van der Waals surface area contributed by atoms with Gasteiger partial charge in [-0.3, -0.25) is 9.59 Å². The Morgan fingerprint density at radius 2 is 2.00 bits per heavy atom. The van der Waals surface area contributed by atoms with Crippen LogP contribution < -0.4 is 0 Å². The number of hydrogen-bond acceptors (Lipinski definition) is 3. The van der Waals surface area contributed by atoms with Crippen molar-refractivity contribution in [2.75, 3.05) is 5.88 Å². The number of carboxylic acids is 1. The highest BCUT2D eigenvalue weighted by Crippen LogP contribution is 1.93. The van der Waals surface area contributed by atoms with Crippen LogP contribution in [-0.2, 0) is 14.3 Å². The normalized spacial score (nSPS) is 10.1. The largest absolute Gasteiger partial charge is 0.480 e. The maximum Gasteiger partial charge on any atom is 0.325 e. The van der Waals surface area contributed by atoms with Crippen molar-refractivity contribution in [2.24, 2.45) is 0 Å². The fourth-order valence-electron chi connectivity index (χ4n) is 0.225. The smallest absolute Gasteiger partial charge is 0.325 e. The van der Waals surface area contributed by atoms with Gasteiger partial charge in [0.1, 0.15) is 11.3 Å². The molecule has 80 valence electrons. The van der Waals surface area contributed by atoms with Gasteiger partial charge in [-0.2, -0.15) is 0 Å². The molecule has 6 heteroatoms. The second-order valence-electron chi connectivity index (χ2n) is 1.77. The molecule has 14 heavy (non-hydrogen) atoms. The van der Waals surface area contributed by atoms with Crippen LogP contribution in [0.15, 0.2) is 25.5 Å². The Hall–Kier alpha value is -1.000. The molecule has 0 saturated carbocycles. The van der Waals surface area contributed by atoms with E-state index in [0.29, 0.717) is 0 Å². The highest BCUT2D eigenvalue weighted by molar-refractivity contribution is 6.30. The Bertz CT molecular complexity index is 213. The van der Waals surface area contributed by atoms with Gasteiger partial charge in [0.05, 0.1) is 6.26 Å². The van der Waals surface area contributed by atoms with Crippen LogP contribution in [0.1, 0.15) is 0 Å². The van der Waals surface area contributed by atoms with E-state index in [9.17, 15) is 9.59 Å². The Morgan fingerprint density at radius 1 is 1.50 bits per heavy atom. The number of carbonyl (C=O) groups is 2. The summed E-state index contributed by atoms with van der Waals surface area (Å²) in [5.74, 6) is -1.65. The highest BCUT2D eigenvalue weighted by atomic mass is 35.5. The van der Waals surface area contributed by atoms with Crippen LogP contribution in [0.5, 0.6) is 0 Å². The average Bonchev–Trinajstić information content (AvgIpc) is 2.17. The van der Waals surface area contributed by atoms with Gasteiger partial charge in [-0.15, -0.1) is 29.8 Å². The second-order valence-corrected chi connectivity index (χ2v) is 2.50. The second kappa shape index (κ2) is 10.1. The molecule has 0 radical (unpaired) electrons. The molecular formula is C8H10Cl2O4. The topological polar surface area (TPSA) is 63.6 Å². The predicted octanol–water partition coefficient (Wildman–Crippen LogP) is 1.78. The van der Waals surface area contributed by atoms with E-state index in [0.717, 1.165) is 12.3 Å². The molecule has 0 rings (SSSR count). The van der Waals surface area contributed by atoms with Crippen LogP contribution >= 0.6 is 23.2 Å². The Morgan fingerprint density at radius 3 is 2.07 bits per heavy atom. The maximum absolute atomic E-state index is 9.99. The zero-order valence-electron chi connectivity index (χ0n) is 7.28. The number of carboxylic acid groups (broad SMARTS) is 1. The van der Waals surface area contributed by atoms with E-state index in [-0.39, 0.29) is 5.88 Å². The first-order chi connectivity index (χ1) is 6.49. The van der Waals surface area contributed by atoms with Gasteiger partial charge >= 0.3 is 11.9 Å². The summed E-state index contributed by atoms with van der Waals surface area (Å²) in [4.78, 5) is 19.7. The highest BCUT2D eigenvalue weighted by Gasteiger charge is 2.05. The van der Waals surface area contributed by atoms with Crippen molar-refractivity contribution in [3.8, 4) is 0 Å². The summed E-state index contributed by atoms with van der Waals surface area (Å²) in [6.07, 6.45) is 2.20. The minimum absolute atomic E-state index is 0.119. The molecule has 0 bridgehead atoms. The van der Waals surface area contributed by atoms with Crippen molar-refractivity contribution >= 4 is 35.1 Å². The van der Waals surface area contributed by atoms with Gasteiger partial charge < -0.3 is 9.84 Å². The van der Waals surface area contributed by atoms with Gasteiger partial charge in [0.25, 0.3) is 0 Å². The molecule has 0 aromatic carbocycles. The van der Waals surface area contributed by atoms with Crippen LogP contribution in [0, 0.1) is 0 Å². The number of alkyl halides is 2. The molecule has 0 spiro atoms. The molecule has 0 aliphatic heterocycles. The number of aliphatic carboxylic acids is 1. The molecular weight excluding hydrogens is 231 g/mol. The van der Waals surface area contributed by atoms with Gasteiger partial charge in [0, 0.05) is 0 Å². The molecule has 0 aromatic rings. The lowest BCUT2D eigenvalue weighted by Crippen LogP contribution is -2.08. The molecule has 0 aliphatic rings. The molecule has 0 fully saturated rings. The summed E-state index contributed by atoms with van der Waals surface area (Å²) in [5, 5.41) is 7.03. The van der Waals surface area contributed by atoms with Crippen LogP contribution in [-0.4, -0.2) is 28.3 Å². The number of esters is 1. The van der Waals surface area contributed by atoms with Crippen LogP contribution in [0.4, 0.5) is 0 Å². The molecule has 0 heterocycles. The third-order valence-electron chi connectivity index (χ3n) is 0.767. The Kier molecular flexibility index (Phi) is 11.1. The van der Waals surface area contributed by atoms with E-state index >= 15 is 0 Å². The molecule has 0 saturated heterocycles. The van der Waals surface area contributed by atoms with Gasteiger partial charge in [-0.1, -0.05) is 12.7 Å². The van der Waals surface area contributed by atoms with E-state index in [2.05, 4.69) is 17.9 Å². The van der Waals surface area contributed by atoms with E-state index in [4.69, 9.17) is 28.3 Å². The van der Waals surface area contributed by atoms with E-state index in [1.54, 1.807) is 0 Å².